The third-order valence-corrected chi connectivity index (χ3v) is 6.05. The number of nitrogens with zero attached hydrogens (tertiary/aromatic N) is 2. The summed E-state index contributed by atoms with van der Waals surface area (Å²) in [6, 6.07) is 7.85. The minimum absolute atomic E-state index is 0.0339. The molecule has 1 saturated heterocycles. The molecule has 1 aliphatic rings. The van der Waals surface area contributed by atoms with Crippen molar-refractivity contribution >= 4 is 21.4 Å². The predicted octanol–water partition coefficient (Wildman–Crippen LogP) is 3.09. The van der Waals surface area contributed by atoms with Crippen molar-refractivity contribution in [2.45, 2.75) is 29.3 Å². The van der Waals surface area contributed by atoms with Crippen molar-refractivity contribution in [2.75, 3.05) is 18.4 Å². The van der Waals surface area contributed by atoms with Crippen molar-refractivity contribution in [1.82, 2.24) is 9.88 Å². The standard InChI is InChI=1S/C18H18F3N3O3S/c19-18(20,21)28(26,27)16-3-1-14(2-4-16)23-15-7-11-24(12-8-15)17(25)13-5-9-22-10-6-13/h1-6,9-10,15,23H,7-8,11-12H2. The number of benzene rings is 1. The lowest BCUT2D eigenvalue weighted by atomic mass is 10.0. The second-order valence-corrected chi connectivity index (χ2v) is 8.36. The van der Waals surface area contributed by atoms with Gasteiger partial charge in [0, 0.05) is 42.8 Å². The summed E-state index contributed by atoms with van der Waals surface area (Å²) in [4.78, 5) is 17.2. The molecule has 10 heteroatoms. The van der Waals surface area contributed by atoms with Gasteiger partial charge in [-0.2, -0.15) is 13.2 Å². The molecule has 0 bridgehead atoms. The van der Waals surface area contributed by atoms with Crippen LogP contribution in [0.1, 0.15) is 23.2 Å². The van der Waals surface area contributed by atoms with Crippen LogP contribution in [-0.4, -0.2) is 48.8 Å². The number of sulfone groups is 1. The van der Waals surface area contributed by atoms with E-state index in [1.54, 1.807) is 29.4 Å². The molecule has 2 heterocycles. The summed E-state index contributed by atoms with van der Waals surface area (Å²) in [5, 5.41) is 3.17. The maximum absolute atomic E-state index is 12.6. The lowest BCUT2D eigenvalue weighted by molar-refractivity contribution is -0.0436. The zero-order valence-corrected chi connectivity index (χ0v) is 15.5. The molecule has 1 aromatic heterocycles. The Bertz CT molecular complexity index is 924. The number of hydrogen-bond donors (Lipinski definition) is 1. The molecule has 6 nitrogen and oxygen atoms in total. The van der Waals surface area contributed by atoms with Crippen molar-refractivity contribution in [3.05, 3.63) is 54.4 Å². The number of nitrogens with one attached hydrogen (secondary N) is 1. The highest BCUT2D eigenvalue weighted by molar-refractivity contribution is 7.92. The SMILES string of the molecule is O=C(c1ccncc1)N1CCC(Nc2ccc(S(=O)(=O)C(F)(F)F)cc2)CC1. The molecular formula is C18H18F3N3O3S. The van der Waals surface area contributed by atoms with Crippen LogP contribution in [0.15, 0.2) is 53.7 Å². The summed E-state index contributed by atoms with van der Waals surface area (Å²) in [5.41, 5.74) is -4.22. The number of pyridine rings is 1. The van der Waals surface area contributed by atoms with Gasteiger partial charge in [-0.3, -0.25) is 9.78 Å². The fraction of sp³-hybridized carbons (Fsp3) is 0.333. The highest BCUT2D eigenvalue weighted by Gasteiger charge is 2.46. The van der Waals surface area contributed by atoms with Crippen LogP contribution in [0.3, 0.4) is 0 Å². The summed E-state index contributed by atoms with van der Waals surface area (Å²) in [6.07, 6.45) is 4.45. The second kappa shape index (κ2) is 7.78. The Kier molecular flexibility index (Phi) is 5.59. The zero-order valence-electron chi connectivity index (χ0n) is 14.7. The van der Waals surface area contributed by atoms with Crippen molar-refractivity contribution in [3.8, 4) is 0 Å². The number of anilines is 1. The number of hydrogen-bond acceptors (Lipinski definition) is 5. The lowest BCUT2D eigenvalue weighted by Crippen LogP contribution is -2.42. The number of likely N-dealkylation sites (tertiary alicyclic amines) is 1. The molecule has 1 amide bonds. The van der Waals surface area contributed by atoms with Gasteiger partial charge in [-0.15, -0.1) is 0 Å². The Morgan fingerprint density at radius 1 is 1.04 bits per heavy atom. The van der Waals surface area contributed by atoms with E-state index in [0.29, 0.717) is 37.2 Å². The van der Waals surface area contributed by atoms with Crippen molar-refractivity contribution in [2.24, 2.45) is 0 Å². The van der Waals surface area contributed by atoms with Gasteiger partial charge in [0.1, 0.15) is 0 Å². The highest BCUT2D eigenvalue weighted by atomic mass is 32.2. The second-order valence-electron chi connectivity index (χ2n) is 6.42. The van der Waals surface area contributed by atoms with Crippen molar-refractivity contribution < 1.29 is 26.4 Å². The van der Waals surface area contributed by atoms with E-state index in [4.69, 9.17) is 0 Å². The van der Waals surface area contributed by atoms with Gasteiger partial charge >= 0.3 is 5.51 Å². The topological polar surface area (TPSA) is 79.4 Å². The molecule has 3 rings (SSSR count). The minimum atomic E-state index is -5.35. The first-order valence-corrected chi connectivity index (χ1v) is 10.0. The monoisotopic (exact) mass is 413 g/mol. The van der Waals surface area contributed by atoms with Crippen molar-refractivity contribution in [3.63, 3.8) is 0 Å². The van der Waals surface area contributed by atoms with E-state index >= 15 is 0 Å². The smallest absolute Gasteiger partial charge is 0.382 e. The maximum Gasteiger partial charge on any atom is 0.501 e. The average molecular weight is 413 g/mol. The lowest BCUT2D eigenvalue weighted by Gasteiger charge is -2.33. The van der Waals surface area contributed by atoms with Crippen LogP contribution in [0, 0.1) is 0 Å². The van der Waals surface area contributed by atoms with E-state index in [0.717, 1.165) is 12.1 Å². The van der Waals surface area contributed by atoms with E-state index in [2.05, 4.69) is 10.3 Å². The fourth-order valence-corrected chi connectivity index (χ4v) is 3.77. The molecule has 150 valence electrons. The van der Waals surface area contributed by atoms with Gasteiger partial charge in [-0.05, 0) is 49.2 Å². The van der Waals surface area contributed by atoms with Crippen LogP contribution in [0.5, 0.6) is 0 Å². The molecule has 0 unspecified atom stereocenters. The first kappa shape index (κ1) is 20.1. The quantitative estimate of drug-likeness (QED) is 0.833. The Labute approximate surface area is 160 Å². The number of halogens is 3. The first-order chi connectivity index (χ1) is 13.2. The van der Waals surface area contributed by atoms with Crippen LogP contribution in [-0.2, 0) is 9.84 Å². The Balaban J connectivity index is 1.57. The molecule has 28 heavy (non-hydrogen) atoms. The minimum Gasteiger partial charge on any atom is -0.382 e. The third kappa shape index (κ3) is 4.27. The molecule has 1 fully saturated rings. The summed E-state index contributed by atoms with van der Waals surface area (Å²) in [6.45, 7) is 1.08. The van der Waals surface area contributed by atoms with Gasteiger partial charge in [-0.25, -0.2) is 8.42 Å². The molecule has 1 N–H and O–H groups in total. The number of amides is 1. The Morgan fingerprint density at radius 2 is 1.61 bits per heavy atom. The van der Waals surface area contributed by atoms with Gasteiger partial charge in [0.2, 0.25) is 0 Å². The van der Waals surface area contributed by atoms with Gasteiger partial charge in [-0.1, -0.05) is 0 Å². The largest absolute Gasteiger partial charge is 0.501 e. The van der Waals surface area contributed by atoms with E-state index in [1.807, 2.05) is 0 Å². The van der Waals surface area contributed by atoms with Gasteiger partial charge in [0.15, 0.2) is 0 Å². The molecule has 0 radical (unpaired) electrons. The fourth-order valence-electron chi connectivity index (χ4n) is 3.00. The summed E-state index contributed by atoms with van der Waals surface area (Å²) < 4.78 is 60.5. The van der Waals surface area contributed by atoms with Crippen LogP contribution in [0.2, 0.25) is 0 Å². The molecule has 0 spiro atoms. The number of piperidine rings is 1. The van der Waals surface area contributed by atoms with E-state index in [-0.39, 0.29) is 11.9 Å². The van der Waals surface area contributed by atoms with E-state index in [1.165, 1.54) is 12.1 Å². The third-order valence-electron chi connectivity index (χ3n) is 4.55. The van der Waals surface area contributed by atoms with E-state index < -0.39 is 20.2 Å². The average Bonchev–Trinajstić information content (AvgIpc) is 2.68. The summed E-state index contributed by atoms with van der Waals surface area (Å²) in [7, 11) is -5.35. The van der Waals surface area contributed by atoms with Crippen LogP contribution in [0.25, 0.3) is 0 Å². The predicted molar refractivity (Wildman–Crippen MR) is 96.5 cm³/mol. The molecule has 1 aromatic carbocycles. The summed E-state index contributed by atoms with van der Waals surface area (Å²) >= 11 is 0. The maximum atomic E-state index is 12.6. The number of carbonyl (C=O) groups is 1. The zero-order chi connectivity index (χ0) is 20.4. The summed E-state index contributed by atoms with van der Waals surface area (Å²) in [5.74, 6) is -0.0671. The molecule has 1 aliphatic heterocycles. The molecule has 2 aromatic rings. The molecule has 0 saturated carbocycles. The normalized spacial score (nSPS) is 16.0. The number of alkyl halides is 3. The molecule has 0 atom stereocenters. The van der Waals surface area contributed by atoms with Crippen LogP contribution >= 0.6 is 0 Å². The van der Waals surface area contributed by atoms with Gasteiger partial charge in [0.25, 0.3) is 15.7 Å². The molecule has 0 aliphatic carbocycles. The number of carbonyl (C=O) groups excluding carboxylic acids is 1. The highest BCUT2D eigenvalue weighted by Crippen LogP contribution is 2.31. The van der Waals surface area contributed by atoms with Crippen molar-refractivity contribution in [1.29, 1.82) is 0 Å². The number of aromatic nitrogens is 1. The first-order valence-electron chi connectivity index (χ1n) is 8.56. The Morgan fingerprint density at radius 3 is 2.14 bits per heavy atom. The van der Waals surface area contributed by atoms with Crippen LogP contribution in [0.4, 0.5) is 18.9 Å². The molecular weight excluding hydrogens is 395 g/mol. The van der Waals surface area contributed by atoms with Crippen LogP contribution < -0.4 is 5.32 Å². The van der Waals surface area contributed by atoms with E-state index in [9.17, 15) is 26.4 Å². The number of rotatable bonds is 4. The Hall–Kier alpha value is -2.62. The van der Waals surface area contributed by atoms with Gasteiger partial charge in [0.05, 0.1) is 4.90 Å². The van der Waals surface area contributed by atoms with Gasteiger partial charge < -0.3 is 10.2 Å².